The zero-order chi connectivity index (χ0) is 15.8. The van der Waals surface area contributed by atoms with Crippen molar-refractivity contribution in [3.63, 3.8) is 0 Å². The summed E-state index contributed by atoms with van der Waals surface area (Å²) < 4.78 is 5.03. The number of hydrogen-bond acceptors (Lipinski definition) is 4. The first kappa shape index (κ1) is 13.8. The van der Waals surface area contributed by atoms with E-state index in [4.69, 9.17) is 4.74 Å². The van der Waals surface area contributed by atoms with E-state index in [9.17, 15) is 9.90 Å². The molecule has 1 N–H and O–H groups in total. The second kappa shape index (κ2) is 4.28. The van der Waals surface area contributed by atoms with E-state index in [1.54, 1.807) is 4.90 Å². The van der Waals surface area contributed by atoms with Gasteiger partial charge in [-0.15, -0.1) is 0 Å². The van der Waals surface area contributed by atoms with Gasteiger partial charge in [-0.25, -0.2) is 9.69 Å². The monoisotopic (exact) mass is 314 g/mol. The first-order chi connectivity index (χ1) is 11.1. The highest BCUT2D eigenvalue weighted by Crippen LogP contribution is 2.65. The predicted octanol–water partition coefficient (Wildman–Crippen LogP) is 2.09. The van der Waals surface area contributed by atoms with Gasteiger partial charge < -0.3 is 9.84 Å². The molecule has 1 aromatic rings. The highest BCUT2D eigenvalue weighted by Gasteiger charge is 2.73. The van der Waals surface area contributed by atoms with Gasteiger partial charge in [0, 0.05) is 6.04 Å². The van der Waals surface area contributed by atoms with Gasteiger partial charge in [0.2, 0.25) is 0 Å². The van der Waals surface area contributed by atoms with Gasteiger partial charge in [0.1, 0.15) is 0 Å². The van der Waals surface area contributed by atoms with Crippen LogP contribution in [0, 0.1) is 5.92 Å². The Kier molecular flexibility index (Phi) is 2.57. The summed E-state index contributed by atoms with van der Waals surface area (Å²) in [5, 5.41) is 11.8. The van der Waals surface area contributed by atoms with Crippen molar-refractivity contribution < 1.29 is 14.6 Å². The van der Waals surface area contributed by atoms with Crippen LogP contribution < -0.4 is 4.90 Å². The first-order valence-corrected chi connectivity index (χ1v) is 8.57. The number of hydrogen-bond donors (Lipinski definition) is 1. The highest BCUT2D eigenvalue weighted by molar-refractivity contribution is 5.93. The molecule has 122 valence electrons. The summed E-state index contributed by atoms with van der Waals surface area (Å²) in [6, 6.07) is 8.36. The molecule has 5 heteroatoms. The van der Waals surface area contributed by atoms with Crippen molar-refractivity contribution in [2.45, 2.75) is 42.9 Å². The molecular weight excluding hydrogens is 292 g/mol. The van der Waals surface area contributed by atoms with Crippen LogP contribution in [0.15, 0.2) is 24.3 Å². The van der Waals surface area contributed by atoms with Gasteiger partial charge in [-0.2, -0.15) is 0 Å². The van der Waals surface area contributed by atoms with Crippen molar-refractivity contribution in [1.29, 1.82) is 0 Å². The summed E-state index contributed by atoms with van der Waals surface area (Å²) in [4.78, 5) is 16.6. The molecule has 4 aliphatic rings. The Bertz CT molecular complexity index is 693. The maximum Gasteiger partial charge on any atom is 0.416 e. The van der Waals surface area contributed by atoms with Crippen LogP contribution in [-0.2, 0) is 10.2 Å². The third-order valence-electron chi connectivity index (χ3n) is 6.86. The number of carbonyl (C=O) groups excluding carboxylic acids is 1. The predicted molar refractivity (Wildman–Crippen MR) is 85.3 cm³/mol. The van der Waals surface area contributed by atoms with E-state index in [2.05, 4.69) is 11.0 Å². The number of para-hydroxylation sites is 1. The third kappa shape index (κ3) is 1.36. The van der Waals surface area contributed by atoms with Gasteiger partial charge in [0.25, 0.3) is 0 Å². The molecule has 1 aliphatic carbocycles. The fourth-order valence-corrected chi connectivity index (χ4v) is 6.12. The minimum atomic E-state index is -1.16. The maximum absolute atomic E-state index is 12.5. The van der Waals surface area contributed by atoms with Gasteiger partial charge in [-0.1, -0.05) is 18.2 Å². The Morgan fingerprint density at radius 3 is 2.91 bits per heavy atom. The van der Waals surface area contributed by atoms with Crippen LogP contribution in [0.5, 0.6) is 0 Å². The Morgan fingerprint density at radius 2 is 2.09 bits per heavy atom. The Hall–Kier alpha value is -1.59. The fraction of sp³-hybridized carbons (Fsp3) is 0.611. The fourth-order valence-electron chi connectivity index (χ4n) is 6.12. The van der Waals surface area contributed by atoms with Crippen LogP contribution in [0.2, 0.25) is 0 Å². The minimum Gasteiger partial charge on any atom is -0.452 e. The van der Waals surface area contributed by atoms with Crippen LogP contribution in [0.1, 0.15) is 31.2 Å². The van der Waals surface area contributed by atoms with E-state index < -0.39 is 11.8 Å². The summed E-state index contributed by atoms with van der Waals surface area (Å²) in [5.74, 6) is 0.628. The number of fused-ring (bicyclic) bond motifs is 1. The molecule has 1 unspecified atom stereocenters. The van der Waals surface area contributed by atoms with E-state index in [1.807, 2.05) is 18.2 Å². The number of amides is 1. The summed E-state index contributed by atoms with van der Waals surface area (Å²) in [5.41, 5.74) is 0.435. The lowest BCUT2D eigenvalue weighted by atomic mass is 9.59. The number of carbonyl (C=O) groups is 1. The van der Waals surface area contributed by atoms with Crippen molar-refractivity contribution in [3.05, 3.63) is 29.8 Å². The zero-order valence-electron chi connectivity index (χ0n) is 13.4. The molecule has 1 amide bonds. The van der Waals surface area contributed by atoms with Crippen molar-refractivity contribution >= 4 is 11.8 Å². The topological polar surface area (TPSA) is 53.0 Å². The average Bonchev–Trinajstić information content (AvgIpc) is 3.21. The molecule has 1 aromatic carbocycles. The molecule has 3 fully saturated rings. The number of ether oxygens (including phenoxy) is 1. The lowest BCUT2D eigenvalue weighted by molar-refractivity contribution is -0.0800. The molecule has 1 spiro atoms. The van der Waals surface area contributed by atoms with E-state index >= 15 is 0 Å². The molecule has 0 aromatic heterocycles. The van der Waals surface area contributed by atoms with Gasteiger partial charge >= 0.3 is 6.09 Å². The average molecular weight is 314 g/mol. The summed E-state index contributed by atoms with van der Waals surface area (Å²) in [7, 11) is 1.39. The normalized spacial score (nSPS) is 40.7. The molecule has 0 bridgehead atoms. The van der Waals surface area contributed by atoms with Gasteiger partial charge in [-0.3, -0.25) is 4.90 Å². The molecule has 5 rings (SSSR count). The van der Waals surface area contributed by atoms with Crippen LogP contribution >= 0.6 is 0 Å². The molecule has 2 saturated heterocycles. The van der Waals surface area contributed by atoms with Crippen LogP contribution in [0.25, 0.3) is 0 Å². The molecule has 0 radical (unpaired) electrons. The second-order valence-electron chi connectivity index (χ2n) is 7.43. The van der Waals surface area contributed by atoms with Gasteiger partial charge in [0.15, 0.2) is 5.72 Å². The number of methoxy groups -OCH3 is 1. The Balaban J connectivity index is 1.78. The Morgan fingerprint density at radius 1 is 1.26 bits per heavy atom. The standard InChI is InChI=1S/C18H22N2O3/c1-23-16(21)20-14-5-3-2-4-13(14)17-9-11-19-10-7-12(15(17)19)6-8-18(17,20)22/h2-5,12,15,22H,6-11H2,1H3/t12-,15+,17-,18?/m0/s1. The number of nitrogens with zero attached hydrogens (tertiary/aromatic N) is 2. The zero-order valence-corrected chi connectivity index (χ0v) is 13.4. The van der Waals surface area contributed by atoms with Gasteiger partial charge in [0.05, 0.1) is 18.2 Å². The van der Waals surface area contributed by atoms with Crippen LogP contribution in [-0.4, -0.2) is 48.1 Å². The number of anilines is 1. The molecule has 1 saturated carbocycles. The number of rotatable bonds is 0. The SMILES string of the molecule is COC(=O)N1c2ccccc2[C@]23CCN4CC[C@H](CCC12O)[C@@H]43. The largest absolute Gasteiger partial charge is 0.452 e. The van der Waals surface area contributed by atoms with Crippen molar-refractivity contribution in [2.75, 3.05) is 25.1 Å². The summed E-state index contributed by atoms with van der Waals surface area (Å²) >= 11 is 0. The van der Waals surface area contributed by atoms with E-state index in [-0.39, 0.29) is 5.41 Å². The molecular formula is C18H22N2O3. The minimum absolute atomic E-state index is 0.344. The van der Waals surface area contributed by atoms with E-state index in [1.165, 1.54) is 13.5 Å². The van der Waals surface area contributed by atoms with E-state index in [0.717, 1.165) is 37.2 Å². The molecule has 3 heterocycles. The number of aliphatic hydroxyl groups is 1. The quantitative estimate of drug-likeness (QED) is 0.797. The van der Waals surface area contributed by atoms with Gasteiger partial charge in [-0.05, 0) is 56.3 Å². The second-order valence-corrected chi connectivity index (χ2v) is 7.43. The van der Waals surface area contributed by atoms with Crippen molar-refractivity contribution in [3.8, 4) is 0 Å². The van der Waals surface area contributed by atoms with Crippen molar-refractivity contribution in [2.24, 2.45) is 5.92 Å². The van der Waals surface area contributed by atoms with E-state index in [0.29, 0.717) is 18.4 Å². The molecule has 23 heavy (non-hydrogen) atoms. The summed E-state index contributed by atoms with van der Waals surface area (Å²) in [6.45, 7) is 2.13. The maximum atomic E-state index is 12.5. The third-order valence-corrected chi connectivity index (χ3v) is 6.86. The first-order valence-electron chi connectivity index (χ1n) is 8.57. The lowest BCUT2D eigenvalue weighted by Crippen LogP contribution is -2.66. The Labute approximate surface area is 135 Å². The summed E-state index contributed by atoms with van der Waals surface area (Å²) in [6.07, 6.45) is 3.27. The molecule has 4 atom stereocenters. The molecule has 5 nitrogen and oxygen atoms in total. The molecule has 3 aliphatic heterocycles. The van der Waals surface area contributed by atoms with Crippen molar-refractivity contribution in [1.82, 2.24) is 4.90 Å². The highest BCUT2D eigenvalue weighted by atomic mass is 16.5. The van der Waals surface area contributed by atoms with Crippen LogP contribution in [0.3, 0.4) is 0 Å². The number of benzene rings is 1. The smallest absolute Gasteiger partial charge is 0.416 e. The lowest BCUT2D eigenvalue weighted by Gasteiger charge is -2.52. The van der Waals surface area contributed by atoms with Crippen LogP contribution in [0.4, 0.5) is 10.5 Å².